The maximum atomic E-state index is 13.4. The summed E-state index contributed by atoms with van der Waals surface area (Å²) in [5.41, 5.74) is 1.78. The summed E-state index contributed by atoms with van der Waals surface area (Å²) in [6.07, 6.45) is 0.786. The molecule has 0 bridgehead atoms. The van der Waals surface area contributed by atoms with Crippen molar-refractivity contribution in [2.24, 2.45) is 0 Å². The number of aromatic nitrogens is 2. The number of H-pyrrole nitrogens is 1. The Morgan fingerprint density at radius 2 is 2.06 bits per heavy atom. The molecule has 3 aliphatic heterocycles. The van der Waals surface area contributed by atoms with Crippen LogP contribution >= 0.6 is 0 Å². The van der Waals surface area contributed by atoms with E-state index in [1.807, 2.05) is 17.9 Å². The van der Waals surface area contributed by atoms with Gasteiger partial charge in [0.15, 0.2) is 11.6 Å². The molecule has 34 heavy (non-hydrogen) atoms. The fourth-order valence-electron chi connectivity index (χ4n) is 4.55. The lowest BCUT2D eigenvalue weighted by atomic mass is 10.1. The number of alkyl halides is 2. The molecular weight excluding hydrogens is 448 g/mol. The predicted molar refractivity (Wildman–Crippen MR) is 119 cm³/mol. The zero-order valence-corrected chi connectivity index (χ0v) is 19.0. The Kier molecular flexibility index (Phi) is 5.88. The topological polar surface area (TPSA) is 91.0 Å². The molecule has 0 atom stereocenters. The number of fused-ring (bicyclic) bond motifs is 2. The molecule has 3 aliphatic rings. The molecule has 0 aliphatic carbocycles. The molecule has 0 saturated carbocycles. The number of amides is 2. The van der Waals surface area contributed by atoms with Crippen LogP contribution in [0.15, 0.2) is 18.3 Å². The SMILES string of the molecule is CCOCCN1Cc2cc(N3CCOc4cc(C(=O)N5CCC(F)(F)CC5)cnc43)[nH]c2C1=O. The van der Waals surface area contributed by atoms with Crippen molar-refractivity contribution in [3.05, 3.63) is 35.2 Å². The summed E-state index contributed by atoms with van der Waals surface area (Å²) < 4.78 is 38.0. The summed E-state index contributed by atoms with van der Waals surface area (Å²) in [4.78, 5) is 38.3. The van der Waals surface area contributed by atoms with Gasteiger partial charge in [0, 0.05) is 57.4 Å². The van der Waals surface area contributed by atoms with E-state index in [9.17, 15) is 18.4 Å². The maximum absolute atomic E-state index is 13.4. The quantitative estimate of drug-likeness (QED) is 0.647. The number of hydrogen-bond donors (Lipinski definition) is 1. The molecule has 0 radical (unpaired) electrons. The molecule has 11 heteroatoms. The molecule has 0 unspecified atom stereocenters. The standard InChI is InChI=1S/C23H27F2N5O4/c1-2-33-9-7-29-14-16-12-18(27-19(16)22(29)32)30-8-10-34-17-11-15(13-26-20(17)30)21(31)28-5-3-23(24,25)4-6-28/h11-13,27H,2-10,14H2,1H3. The predicted octanol–water partition coefficient (Wildman–Crippen LogP) is 2.80. The first-order chi connectivity index (χ1) is 16.4. The molecule has 1 saturated heterocycles. The van der Waals surface area contributed by atoms with Gasteiger partial charge >= 0.3 is 0 Å². The van der Waals surface area contributed by atoms with Gasteiger partial charge < -0.3 is 29.2 Å². The van der Waals surface area contributed by atoms with Gasteiger partial charge in [-0.25, -0.2) is 13.8 Å². The molecule has 0 spiro atoms. The number of carbonyl (C=O) groups excluding carboxylic acids is 2. The van der Waals surface area contributed by atoms with E-state index in [-0.39, 0.29) is 37.7 Å². The molecular formula is C23H27F2N5O4. The smallest absolute Gasteiger partial charge is 0.271 e. The Bertz CT molecular complexity index is 1100. The highest BCUT2D eigenvalue weighted by molar-refractivity contribution is 5.98. The monoisotopic (exact) mass is 475 g/mol. The molecule has 5 rings (SSSR count). The van der Waals surface area contributed by atoms with E-state index < -0.39 is 5.92 Å². The summed E-state index contributed by atoms with van der Waals surface area (Å²) in [7, 11) is 0. The van der Waals surface area contributed by atoms with Crippen LogP contribution in [0.3, 0.4) is 0 Å². The van der Waals surface area contributed by atoms with Crippen LogP contribution in [0, 0.1) is 0 Å². The van der Waals surface area contributed by atoms with Crippen LogP contribution in [0.25, 0.3) is 0 Å². The van der Waals surface area contributed by atoms with Crippen LogP contribution in [0.2, 0.25) is 0 Å². The van der Waals surface area contributed by atoms with Crippen LogP contribution in [-0.4, -0.2) is 83.5 Å². The van der Waals surface area contributed by atoms with Crippen molar-refractivity contribution in [1.82, 2.24) is 19.8 Å². The third kappa shape index (κ3) is 4.20. The second-order valence-electron chi connectivity index (χ2n) is 8.67. The van der Waals surface area contributed by atoms with Gasteiger partial charge in [0.2, 0.25) is 0 Å². The Hall–Kier alpha value is -3.21. The van der Waals surface area contributed by atoms with Crippen molar-refractivity contribution in [3.63, 3.8) is 0 Å². The molecule has 9 nitrogen and oxygen atoms in total. The molecule has 1 N–H and O–H groups in total. The number of halogens is 2. The zero-order chi connectivity index (χ0) is 23.9. The fourth-order valence-corrected chi connectivity index (χ4v) is 4.55. The van der Waals surface area contributed by atoms with Crippen LogP contribution in [-0.2, 0) is 11.3 Å². The number of hydrogen-bond acceptors (Lipinski definition) is 6. The van der Waals surface area contributed by atoms with Gasteiger partial charge in [0.05, 0.1) is 18.7 Å². The normalized spacial score (nSPS) is 19.1. The van der Waals surface area contributed by atoms with Crippen molar-refractivity contribution in [2.75, 3.05) is 50.9 Å². The first kappa shape index (κ1) is 22.6. The number of piperidine rings is 1. The van der Waals surface area contributed by atoms with Crippen molar-refractivity contribution in [1.29, 1.82) is 0 Å². The minimum Gasteiger partial charge on any atom is -0.488 e. The number of ether oxygens (including phenoxy) is 2. The van der Waals surface area contributed by atoms with Crippen molar-refractivity contribution in [2.45, 2.75) is 32.2 Å². The largest absolute Gasteiger partial charge is 0.488 e. The van der Waals surface area contributed by atoms with E-state index in [1.165, 1.54) is 11.1 Å². The Morgan fingerprint density at radius 1 is 1.26 bits per heavy atom. The van der Waals surface area contributed by atoms with Crippen molar-refractivity contribution < 1.29 is 27.8 Å². The van der Waals surface area contributed by atoms with Gasteiger partial charge in [-0.15, -0.1) is 0 Å². The second kappa shape index (κ2) is 8.86. The van der Waals surface area contributed by atoms with Crippen LogP contribution in [0.5, 0.6) is 5.75 Å². The summed E-state index contributed by atoms with van der Waals surface area (Å²) in [5, 5.41) is 0. The molecule has 2 aromatic heterocycles. The van der Waals surface area contributed by atoms with Gasteiger partial charge in [0.25, 0.3) is 17.7 Å². The molecule has 182 valence electrons. The summed E-state index contributed by atoms with van der Waals surface area (Å²) >= 11 is 0. The highest BCUT2D eigenvalue weighted by Gasteiger charge is 2.36. The molecule has 5 heterocycles. The zero-order valence-electron chi connectivity index (χ0n) is 19.0. The third-order valence-electron chi connectivity index (χ3n) is 6.44. The van der Waals surface area contributed by atoms with E-state index in [1.54, 1.807) is 11.0 Å². The number of pyridine rings is 1. The minimum atomic E-state index is -2.72. The number of anilines is 2. The average Bonchev–Trinajstić information content (AvgIpc) is 3.37. The number of rotatable bonds is 6. The minimum absolute atomic E-state index is 0.0134. The lowest BCUT2D eigenvalue weighted by molar-refractivity contribution is -0.0494. The van der Waals surface area contributed by atoms with Gasteiger partial charge in [-0.1, -0.05) is 0 Å². The number of aromatic amines is 1. The number of likely N-dealkylation sites (tertiary alicyclic amines) is 1. The Morgan fingerprint density at radius 3 is 2.79 bits per heavy atom. The van der Waals surface area contributed by atoms with Gasteiger partial charge in [-0.3, -0.25) is 9.59 Å². The second-order valence-corrected chi connectivity index (χ2v) is 8.67. The van der Waals surface area contributed by atoms with Crippen LogP contribution in [0.1, 0.15) is 46.2 Å². The van der Waals surface area contributed by atoms with Gasteiger partial charge in [0.1, 0.15) is 18.1 Å². The highest BCUT2D eigenvalue weighted by Crippen LogP contribution is 2.37. The first-order valence-electron chi connectivity index (χ1n) is 11.5. The lowest BCUT2D eigenvalue weighted by Gasteiger charge is -2.32. The van der Waals surface area contributed by atoms with E-state index >= 15 is 0 Å². The van der Waals surface area contributed by atoms with E-state index in [4.69, 9.17) is 9.47 Å². The molecule has 2 amide bonds. The average molecular weight is 475 g/mol. The molecule has 1 fully saturated rings. The number of nitrogens with zero attached hydrogens (tertiary/aromatic N) is 4. The Labute approximate surface area is 195 Å². The van der Waals surface area contributed by atoms with Crippen molar-refractivity contribution in [3.8, 4) is 5.75 Å². The summed E-state index contributed by atoms with van der Waals surface area (Å²) in [5.74, 6) is -1.39. The van der Waals surface area contributed by atoms with Crippen molar-refractivity contribution >= 4 is 23.5 Å². The van der Waals surface area contributed by atoms with E-state index in [2.05, 4.69) is 9.97 Å². The summed E-state index contributed by atoms with van der Waals surface area (Å²) in [6, 6.07) is 3.55. The lowest BCUT2D eigenvalue weighted by Crippen LogP contribution is -2.42. The third-order valence-corrected chi connectivity index (χ3v) is 6.44. The van der Waals surface area contributed by atoms with E-state index in [0.717, 1.165) is 11.4 Å². The number of nitrogens with one attached hydrogen (secondary N) is 1. The molecule has 2 aromatic rings. The van der Waals surface area contributed by atoms with Gasteiger partial charge in [-0.05, 0) is 19.1 Å². The summed E-state index contributed by atoms with van der Waals surface area (Å²) in [6.45, 7) is 5.02. The van der Waals surface area contributed by atoms with E-state index in [0.29, 0.717) is 62.3 Å². The fraction of sp³-hybridized carbons (Fsp3) is 0.522. The highest BCUT2D eigenvalue weighted by atomic mass is 19.3. The van der Waals surface area contributed by atoms with Crippen LogP contribution < -0.4 is 9.64 Å². The van der Waals surface area contributed by atoms with Crippen LogP contribution in [0.4, 0.5) is 20.4 Å². The molecule has 0 aromatic carbocycles. The first-order valence-corrected chi connectivity index (χ1v) is 11.5. The maximum Gasteiger partial charge on any atom is 0.271 e. The number of carbonyl (C=O) groups is 2. The van der Waals surface area contributed by atoms with Gasteiger partial charge in [-0.2, -0.15) is 0 Å². The Balaban J connectivity index is 1.31.